The maximum atomic E-state index is 9.47. The number of aromatic nitrogens is 2. The molecule has 5 rings (SSSR count). The summed E-state index contributed by atoms with van der Waals surface area (Å²) in [7, 11) is 0. The standard InChI is InChI=1S/C28H27N3OS/c1-18-7-9-22-21(15-29)16-31(23(22)12-18)11-5-6-19-8-10-24-20(13-19)14-25(32-24)27-30-26(17-33-27)28(2,3)4/h7-10,12-14,16-17H,5-6,11H2,1-4H3. The van der Waals surface area contributed by atoms with Gasteiger partial charge in [-0.1, -0.05) is 39.0 Å². The van der Waals surface area contributed by atoms with E-state index in [4.69, 9.17) is 9.40 Å². The Kier molecular flexibility index (Phi) is 5.34. The van der Waals surface area contributed by atoms with Crippen LogP contribution in [0.4, 0.5) is 0 Å². The maximum absolute atomic E-state index is 9.47. The predicted octanol–water partition coefficient (Wildman–Crippen LogP) is 7.62. The summed E-state index contributed by atoms with van der Waals surface area (Å²) < 4.78 is 8.31. The molecule has 0 aliphatic heterocycles. The van der Waals surface area contributed by atoms with Crippen LogP contribution in [0.25, 0.3) is 32.6 Å². The van der Waals surface area contributed by atoms with E-state index in [-0.39, 0.29) is 5.41 Å². The maximum Gasteiger partial charge on any atom is 0.164 e. The van der Waals surface area contributed by atoms with Crippen molar-refractivity contribution in [2.24, 2.45) is 0 Å². The van der Waals surface area contributed by atoms with Gasteiger partial charge in [-0.05, 0) is 55.2 Å². The fourth-order valence-electron chi connectivity index (χ4n) is 4.21. The number of hydrogen-bond donors (Lipinski definition) is 0. The van der Waals surface area contributed by atoms with Crippen molar-refractivity contribution in [1.29, 1.82) is 5.26 Å². The molecule has 0 aliphatic carbocycles. The lowest BCUT2D eigenvalue weighted by atomic mass is 9.93. The summed E-state index contributed by atoms with van der Waals surface area (Å²) in [6.07, 6.45) is 3.95. The predicted molar refractivity (Wildman–Crippen MR) is 136 cm³/mol. The molecule has 3 aromatic heterocycles. The molecule has 0 atom stereocenters. The number of hydrogen-bond acceptors (Lipinski definition) is 4. The van der Waals surface area contributed by atoms with E-state index < -0.39 is 0 Å². The molecule has 3 heterocycles. The van der Waals surface area contributed by atoms with E-state index in [0.717, 1.165) is 63.3 Å². The van der Waals surface area contributed by atoms with Crippen molar-refractivity contribution in [1.82, 2.24) is 9.55 Å². The summed E-state index contributed by atoms with van der Waals surface area (Å²) in [6, 6.07) is 17.2. The van der Waals surface area contributed by atoms with Gasteiger partial charge in [-0.2, -0.15) is 5.26 Å². The summed E-state index contributed by atoms with van der Waals surface area (Å²) in [5.74, 6) is 0.834. The van der Waals surface area contributed by atoms with Crippen molar-refractivity contribution in [2.45, 2.75) is 52.5 Å². The fraction of sp³-hybridized carbons (Fsp3) is 0.286. The van der Waals surface area contributed by atoms with Crippen molar-refractivity contribution < 1.29 is 4.42 Å². The van der Waals surface area contributed by atoms with E-state index in [1.807, 2.05) is 6.20 Å². The molecule has 166 valence electrons. The molecule has 4 nitrogen and oxygen atoms in total. The summed E-state index contributed by atoms with van der Waals surface area (Å²) >= 11 is 1.64. The first kappa shape index (κ1) is 21.5. The Morgan fingerprint density at radius 1 is 1.12 bits per heavy atom. The summed E-state index contributed by atoms with van der Waals surface area (Å²) in [5.41, 5.74) is 6.41. The first-order chi connectivity index (χ1) is 15.8. The zero-order valence-electron chi connectivity index (χ0n) is 19.5. The molecule has 5 heteroatoms. The molecule has 0 fully saturated rings. The zero-order chi connectivity index (χ0) is 23.2. The molecular formula is C28H27N3OS. The van der Waals surface area contributed by atoms with Crippen molar-refractivity contribution in [3.8, 4) is 16.8 Å². The number of rotatable bonds is 5. The second-order valence-electron chi connectivity index (χ2n) is 9.74. The van der Waals surface area contributed by atoms with Crippen LogP contribution in [0, 0.1) is 18.3 Å². The quantitative estimate of drug-likeness (QED) is 0.275. The molecule has 0 spiro atoms. The van der Waals surface area contributed by atoms with Gasteiger partial charge < -0.3 is 8.98 Å². The lowest BCUT2D eigenvalue weighted by Gasteiger charge is -2.13. The van der Waals surface area contributed by atoms with E-state index in [1.54, 1.807) is 11.3 Å². The van der Waals surface area contributed by atoms with Gasteiger partial charge in [-0.15, -0.1) is 11.3 Å². The second-order valence-corrected chi connectivity index (χ2v) is 10.6. The van der Waals surface area contributed by atoms with Gasteiger partial charge in [-0.25, -0.2) is 4.98 Å². The summed E-state index contributed by atoms with van der Waals surface area (Å²) in [5, 5.41) is 14.7. The molecular weight excluding hydrogens is 426 g/mol. The molecule has 0 saturated heterocycles. The SMILES string of the molecule is Cc1ccc2c(C#N)cn(CCCc3ccc4oc(-c5nc(C(C)(C)C)cs5)cc4c3)c2c1. The average Bonchev–Trinajstić information content (AvgIpc) is 3.50. The number of benzene rings is 2. The van der Waals surface area contributed by atoms with Crippen LogP contribution in [0.15, 0.2) is 58.5 Å². The second kappa shape index (κ2) is 8.20. The number of furan rings is 1. The van der Waals surface area contributed by atoms with E-state index in [9.17, 15) is 5.26 Å². The topological polar surface area (TPSA) is 54.8 Å². The Labute approximate surface area is 198 Å². The molecule has 0 N–H and O–H groups in total. The molecule has 33 heavy (non-hydrogen) atoms. The third-order valence-electron chi connectivity index (χ3n) is 6.09. The van der Waals surface area contributed by atoms with Crippen LogP contribution in [-0.2, 0) is 18.4 Å². The Hall–Kier alpha value is -3.36. The minimum Gasteiger partial charge on any atom is -0.454 e. The highest BCUT2D eigenvalue weighted by Gasteiger charge is 2.19. The molecule has 0 radical (unpaired) electrons. The third-order valence-corrected chi connectivity index (χ3v) is 6.94. The lowest BCUT2D eigenvalue weighted by Crippen LogP contribution is -2.11. The fourth-order valence-corrected chi connectivity index (χ4v) is 5.21. The van der Waals surface area contributed by atoms with Gasteiger partial charge in [-0.3, -0.25) is 0 Å². The van der Waals surface area contributed by atoms with Gasteiger partial charge >= 0.3 is 0 Å². The number of nitriles is 1. The van der Waals surface area contributed by atoms with E-state index in [2.05, 4.69) is 86.2 Å². The van der Waals surface area contributed by atoms with Gasteiger partial charge in [0.05, 0.1) is 11.3 Å². The number of nitrogens with zero attached hydrogens (tertiary/aromatic N) is 3. The van der Waals surface area contributed by atoms with E-state index in [0.29, 0.717) is 0 Å². The molecule has 0 aliphatic rings. The van der Waals surface area contributed by atoms with E-state index in [1.165, 1.54) is 11.1 Å². The highest BCUT2D eigenvalue weighted by atomic mass is 32.1. The normalized spacial score (nSPS) is 12.0. The van der Waals surface area contributed by atoms with Crippen LogP contribution in [-0.4, -0.2) is 9.55 Å². The smallest absolute Gasteiger partial charge is 0.164 e. The van der Waals surface area contributed by atoms with Crippen molar-refractivity contribution in [3.05, 3.63) is 76.4 Å². The molecule has 2 aromatic carbocycles. The molecule has 0 bridgehead atoms. The van der Waals surface area contributed by atoms with Gasteiger partial charge in [0, 0.05) is 39.8 Å². The Morgan fingerprint density at radius 3 is 2.73 bits per heavy atom. The lowest BCUT2D eigenvalue weighted by molar-refractivity contribution is 0.571. The number of fused-ring (bicyclic) bond motifs is 2. The van der Waals surface area contributed by atoms with Crippen molar-refractivity contribution in [3.63, 3.8) is 0 Å². The van der Waals surface area contributed by atoms with Gasteiger partial charge in [0.15, 0.2) is 10.8 Å². The molecule has 0 amide bonds. The van der Waals surface area contributed by atoms with Gasteiger partial charge in [0.25, 0.3) is 0 Å². The molecule has 0 unspecified atom stereocenters. The van der Waals surface area contributed by atoms with Crippen LogP contribution in [0.1, 0.15) is 49.6 Å². The van der Waals surface area contributed by atoms with Crippen LogP contribution in [0.5, 0.6) is 0 Å². The van der Waals surface area contributed by atoms with Crippen molar-refractivity contribution >= 4 is 33.2 Å². The first-order valence-corrected chi connectivity index (χ1v) is 12.2. The largest absolute Gasteiger partial charge is 0.454 e. The van der Waals surface area contributed by atoms with Crippen LogP contribution >= 0.6 is 11.3 Å². The summed E-state index contributed by atoms with van der Waals surface area (Å²) in [4.78, 5) is 4.79. The molecule has 5 aromatic rings. The average molecular weight is 454 g/mol. The van der Waals surface area contributed by atoms with Crippen LogP contribution < -0.4 is 0 Å². The zero-order valence-corrected chi connectivity index (χ0v) is 20.3. The monoisotopic (exact) mass is 453 g/mol. The number of thiazole rings is 1. The van der Waals surface area contributed by atoms with E-state index >= 15 is 0 Å². The van der Waals surface area contributed by atoms with Gasteiger partial charge in [0.2, 0.25) is 0 Å². The van der Waals surface area contributed by atoms with Crippen LogP contribution in [0.2, 0.25) is 0 Å². The Balaban J connectivity index is 1.32. The van der Waals surface area contributed by atoms with Gasteiger partial charge in [0.1, 0.15) is 11.7 Å². The number of aryl methyl sites for hydroxylation is 3. The third kappa shape index (κ3) is 4.19. The Morgan fingerprint density at radius 2 is 1.97 bits per heavy atom. The van der Waals surface area contributed by atoms with Crippen LogP contribution in [0.3, 0.4) is 0 Å². The Bertz CT molecular complexity index is 1500. The minimum absolute atomic E-state index is 0.0334. The van der Waals surface area contributed by atoms with Crippen molar-refractivity contribution in [2.75, 3.05) is 0 Å². The highest BCUT2D eigenvalue weighted by molar-refractivity contribution is 7.13. The first-order valence-electron chi connectivity index (χ1n) is 11.3. The highest BCUT2D eigenvalue weighted by Crippen LogP contribution is 2.33. The minimum atomic E-state index is 0.0334. The summed E-state index contributed by atoms with van der Waals surface area (Å²) in [6.45, 7) is 9.50. The molecule has 0 saturated carbocycles.